The summed E-state index contributed by atoms with van der Waals surface area (Å²) in [7, 11) is 0. The van der Waals surface area contributed by atoms with Gasteiger partial charge in [-0.25, -0.2) is 9.78 Å². The number of nitrogens with one attached hydrogen (secondary N) is 1. The number of carbonyl (C=O) groups is 2. The molecule has 4 rings (SSSR count). The van der Waals surface area contributed by atoms with Gasteiger partial charge in [-0.05, 0) is 43.3 Å². The first kappa shape index (κ1) is 19.2. The van der Waals surface area contributed by atoms with Crippen LogP contribution in [0.3, 0.4) is 0 Å². The zero-order valence-corrected chi connectivity index (χ0v) is 16.9. The Hall–Kier alpha value is -3.13. The second-order valence-corrected chi connectivity index (χ2v) is 7.75. The topological polar surface area (TPSA) is 74.8 Å². The van der Waals surface area contributed by atoms with Gasteiger partial charge in [0.2, 0.25) is 5.91 Å². The van der Waals surface area contributed by atoms with Crippen molar-refractivity contribution >= 4 is 39.2 Å². The minimum atomic E-state index is -0.189. The van der Waals surface area contributed by atoms with Crippen molar-refractivity contribution < 1.29 is 14.3 Å². The van der Waals surface area contributed by atoms with E-state index in [1.165, 1.54) is 0 Å². The summed E-state index contributed by atoms with van der Waals surface area (Å²) in [5.41, 5.74) is 1.73. The number of carbonyl (C=O) groups excluding carboxylic acids is 2. The van der Waals surface area contributed by atoms with Crippen molar-refractivity contribution in [1.29, 1.82) is 0 Å². The maximum Gasteiger partial charge on any atom is 0.325 e. The quantitative estimate of drug-likeness (QED) is 0.649. The van der Waals surface area contributed by atoms with Gasteiger partial charge >= 0.3 is 6.03 Å². The van der Waals surface area contributed by atoms with Gasteiger partial charge in [0.15, 0.2) is 0 Å². The summed E-state index contributed by atoms with van der Waals surface area (Å²) in [6, 6.07) is 15.1. The van der Waals surface area contributed by atoms with Crippen LogP contribution in [0.25, 0.3) is 10.2 Å². The average Bonchev–Trinajstić information content (AvgIpc) is 3.31. The molecule has 1 aliphatic heterocycles. The van der Waals surface area contributed by atoms with Crippen molar-refractivity contribution in [2.75, 3.05) is 31.1 Å². The second-order valence-electron chi connectivity index (χ2n) is 6.63. The SMILES string of the molecule is CCOc1ccc(N2CCN(CC(=O)NCc3nc4ccccc4s3)C2=O)cc1. The molecular weight excluding hydrogens is 388 g/mol. The molecule has 150 valence electrons. The summed E-state index contributed by atoms with van der Waals surface area (Å²) in [5.74, 6) is 0.583. The number of fused-ring (bicyclic) bond motifs is 1. The molecule has 3 amide bonds. The van der Waals surface area contributed by atoms with Crippen molar-refractivity contribution in [1.82, 2.24) is 15.2 Å². The largest absolute Gasteiger partial charge is 0.494 e. The molecule has 0 radical (unpaired) electrons. The smallest absolute Gasteiger partial charge is 0.325 e. The van der Waals surface area contributed by atoms with E-state index in [0.717, 1.165) is 26.7 Å². The van der Waals surface area contributed by atoms with E-state index in [2.05, 4.69) is 10.3 Å². The van der Waals surface area contributed by atoms with Crippen molar-refractivity contribution in [2.45, 2.75) is 13.5 Å². The lowest BCUT2D eigenvalue weighted by molar-refractivity contribution is -0.121. The molecular formula is C21H22N4O3S. The Morgan fingerprint density at radius 3 is 2.72 bits per heavy atom. The van der Waals surface area contributed by atoms with Gasteiger partial charge in [-0.1, -0.05) is 12.1 Å². The predicted molar refractivity (Wildman–Crippen MR) is 113 cm³/mol. The monoisotopic (exact) mass is 410 g/mol. The van der Waals surface area contributed by atoms with Crippen LogP contribution in [0.1, 0.15) is 11.9 Å². The lowest BCUT2D eigenvalue weighted by Crippen LogP contribution is -2.39. The maximum absolute atomic E-state index is 12.7. The Kier molecular flexibility index (Phi) is 5.62. The molecule has 2 heterocycles. The average molecular weight is 410 g/mol. The fraction of sp³-hybridized carbons (Fsp3) is 0.286. The van der Waals surface area contributed by atoms with Gasteiger partial charge in [0.25, 0.3) is 0 Å². The van der Waals surface area contributed by atoms with E-state index in [9.17, 15) is 9.59 Å². The summed E-state index contributed by atoms with van der Waals surface area (Å²) in [5, 5.41) is 3.71. The fourth-order valence-corrected chi connectivity index (χ4v) is 4.16. The zero-order chi connectivity index (χ0) is 20.2. The number of amides is 3. The van der Waals surface area contributed by atoms with E-state index < -0.39 is 0 Å². The van der Waals surface area contributed by atoms with Crippen molar-refractivity contribution in [2.24, 2.45) is 0 Å². The zero-order valence-electron chi connectivity index (χ0n) is 16.1. The minimum absolute atomic E-state index is 0.0389. The Labute approximate surface area is 172 Å². The first-order valence-electron chi connectivity index (χ1n) is 9.54. The van der Waals surface area contributed by atoms with Gasteiger partial charge in [-0.15, -0.1) is 11.3 Å². The normalized spacial score (nSPS) is 13.9. The number of aromatic nitrogens is 1. The standard InChI is InChI=1S/C21H22N4O3S/c1-2-28-16-9-7-15(8-10-16)25-12-11-24(21(25)27)14-19(26)22-13-20-23-17-5-3-4-6-18(17)29-20/h3-10H,2,11-14H2,1H3,(H,22,26). The number of benzene rings is 2. The Balaban J connectivity index is 1.31. The van der Waals surface area contributed by atoms with Crippen LogP contribution in [0.5, 0.6) is 5.75 Å². The molecule has 7 nitrogen and oxygen atoms in total. The summed E-state index contributed by atoms with van der Waals surface area (Å²) in [6.45, 7) is 4.00. The minimum Gasteiger partial charge on any atom is -0.494 e. The highest BCUT2D eigenvalue weighted by atomic mass is 32.1. The Morgan fingerprint density at radius 1 is 1.17 bits per heavy atom. The molecule has 2 aromatic carbocycles. The molecule has 1 aromatic heterocycles. The molecule has 0 atom stereocenters. The molecule has 0 bridgehead atoms. The Bertz CT molecular complexity index is 985. The number of ether oxygens (including phenoxy) is 1. The number of anilines is 1. The van der Waals surface area contributed by atoms with Crippen LogP contribution in [0.4, 0.5) is 10.5 Å². The third-order valence-corrected chi connectivity index (χ3v) is 5.70. The van der Waals surface area contributed by atoms with Crippen LogP contribution < -0.4 is 15.0 Å². The third-order valence-electron chi connectivity index (χ3n) is 4.66. The highest BCUT2D eigenvalue weighted by molar-refractivity contribution is 7.18. The first-order chi connectivity index (χ1) is 14.1. The van der Waals surface area contributed by atoms with E-state index in [0.29, 0.717) is 26.2 Å². The second kappa shape index (κ2) is 8.48. The van der Waals surface area contributed by atoms with Crippen molar-refractivity contribution in [3.05, 3.63) is 53.5 Å². The summed E-state index contributed by atoms with van der Waals surface area (Å²) >= 11 is 1.56. The Morgan fingerprint density at radius 2 is 1.97 bits per heavy atom. The number of hydrogen-bond donors (Lipinski definition) is 1. The summed E-state index contributed by atoms with van der Waals surface area (Å²) < 4.78 is 6.53. The summed E-state index contributed by atoms with van der Waals surface area (Å²) in [4.78, 5) is 32.7. The van der Waals surface area contributed by atoms with E-state index >= 15 is 0 Å². The summed E-state index contributed by atoms with van der Waals surface area (Å²) in [6.07, 6.45) is 0. The molecule has 0 saturated carbocycles. The molecule has 1 saturated heterocycles. The molecule has 1 N–H and O–H groups in total. The van der Waals surface area contributed by atoms with Crippen LogP contribution in [-0.4, -0.2) is 48.1 Å². The van der Waals surface area contributed by atoms with Crippen LogP contribution in [0.15, 0.2) is 48.5 Å². The molecule has 29 heavy (non-hydrogen) atoms. The van der Waals surface area contributed by atoms with Crippen molar-refractivity contribution in [3.63, 3.8) is 0 Å². The maximum atomic E-state index is 12.7. The molecule has 0 unspecified atom stereocenters. The van der Waals surface area contributed by atoms with Gasteiger partial charge in [-0.2, -0.15) is 0 Å². The molecule has 3 aromatic rings. The number of rotatable bonds is 7. The van der Waals surface area contributed by atoms with Crippen molar-refractivity contribution in [3.8, 4) is 5.75 Å². The fourth-order valence-electron chi connectivity index (χ4n) is 3.26. The van der Waals surface area contributed by atoms with Gasteiger partial charge in [0, 0.05) is 18.8 Å². The van der Waals surface area contributed by atoms with Crippen LogP contribution in [0, 0.1) is 0 Å². The van der Waals surface area contributed by atoms with Gasteiger partial charge < -0.3 is 15.0 Å². The molecule has 1 aliphatic rings. The molecule has 8 heteroatoms. The van der Waals surface area contributed by atoms with E-state index in [-0.39, 0.29) is 18.5 Å². The molecule has 0 aliphatic carbocycles. The number of thiazole rings is 1. The van der Waals surface area contributed by atoms with E-state index in [1.807, 2.05) is 55.5 Å². The van der Waals surface area contributed by atoms with Gasteiger partial charge in [0.05, 0.1) is 23.4 Å². The van der Waals surface area contributed by atoms with Crippen LogP contribution >= 0.6 is 11.3 Å². The highest BCUT2D eigenvalue weighted by Crippen LogP contribution is 2.24. The highest BCUT2D eigenvalue weighted by Gasteiger charge is 2.30. The number of urea groups is 1. The molecule has 1 fully saturated rings. The first-order valence-corrected chi connectivity index (χ1v) is 10.4. The van der Waals surface area contributed by atoms with Crippen LogP contribution in [0.2, 0.25) is 0 Å². The van der Waals surface area contributed by atoms with E-state index in [1.54, 1.807) is 21.1 Å². The number of nitrogens with zero attached hydrogens (tertiary/aromatic N) is 3. The van der Waals surface area contributed by atoms with Crippen LogP contribution in [-0.2, 0) is 11.3 Å². The lowest BCUT2D eigenvalue weighted by Gasteiger charge is -2.18. The molecule has 0 spiro atoms. The lowest BCUT2D eigenvalue weighted by atomic mass is 10.3. The number of hydrogen-bond acceptors (Lipinski definition) is 5. The number of para-hydroxylation sites is 1. The third kappa shape index (κ3) is 4.32. The predicted octanol–water partition coefficient (Wildman–Crippen LogP) is 3.25. The van der Waals surface area contributed by atoms with E-state index in [4.69, 9.17) is 4.74 Å². The van der Waals surface area contributed by atoms with Gasteiger partial charge in [0.1, 0.15) is 17.3 Å². The van der Waals surface area contributed by atoms with Gasteiger partial charge in [-0.3, -0.25) is 9.69 Å².